The van der Waals surface area contributed by atoms with Gasteiger partial charge in [0.25, 0.3) is 0 Å². The molecule has 1 aromatic rings. The van der Waals surface area contributed by atoms with Crippen LogP contribution in [0, 0.1) is 11.3 Å². The van der Waals surface area contributed by atoms with Gasteiger partial charge in [-0.1, -0.05) is 12.1 Å². The fraction of sp³-hybridized carbons (Fsp3) is 0.680. The number of benzene rings is 1. The molecule has 7 heteroatoms. The van der Waals surface area contributed by atoms with Gasteiger partial charge in [-0.15, -0.1) is 0 Å². The molecule has 3 saturated carbocycles. The highest BCUT2D eigenvalue weighted by Gasteiger charge is 2.83. The van der Waals surface area contributed by atoms with Crippen molar-refractivity contribution >= 4 is 17.6 Å². The van der Waals surface area contributed by atoms with E-state index in [9.17, 15) is 9.59 Å². The second-order valence-electron chi connectivity index (χ2n) is 10.3. The van der Waals surface area contributed by atoms with Gasteiger partial charge in [-0.25, -0.2) is 0 Å². The highest BCUT2D eigenvalue weighted by molar-refractivity contribution is 6.01. The number of hydrogen-bond donors (Lipinski definition) is 0. The molecule has 2 bridgehead atoms. The van der Waals surface area contributed by atoms with E-state index in [2.05, 4.69) is 11.0 Å². The molecule has 6 aliphatic rings. The number of rotatable bonds is 3. The molecule has 3 aliphatic carbocycles. The second-order valence-corrected chi connectivity index (χ2v) is 10.3. The zero-order chi connectivity index (χ0) is 22.5. The van der Waals surface area contributed by atoms with Crippen molar-refractivity contribution in [3.8, 4) is 5.75 Å². The number of nitrogens with zero attached hydrogens (tertiary/aromatic N) is 2. The van der Waals surface area contributed by atoms with Crippen LogP contribution in [0.3, 0.4) is 0 Å². The molecule has 7 rings (SSSR count). The SMILES string of the molecule is COC(=O)[C@@H]1C[C@]23CC[C@@]14N(C(C)=O)c1c(OC)cccc1[C@@]41CCN(CC[C@H]2OC)[C@@H]31. The van der Waals surface area contributed by atoms with Gasteiger partial charge in [-0.3, -0.25) is 14.5 Å². The molecule has 32 heavy (non-hydrogen) atoms. The van der Waals surface area contributed by atoms with Crippen LogP contribution in [0.25, 0.3) is 0 Å². The summed E-state index contributed by atoms with van der Waals surface area (Å²) in [5.41, 5.74) is 0.913. The van der Waals surface area contributed by atoms with Gasteiger partial charge in [-0.05, 0) is 50.3 Å². The third kappa shape index (κ3) is 1.94. The van der Waals surface area contributed by atoms with Gasteiger partial charge in [0.1, 0.15) is 5.75 Å². The zero-order valence-corrected chi connectivity index (χ0v) is 19.3. The standard InChI is InChI=1S/C25H32N2O5/c1-15(28)27-20-16(6-5-7-18(20)30-2)24-11-13-26-12-8-19(31-3)23(22(24)26)9-10-25(24,27)17(14-23)21(29)32-4/h5-7,17,19,22H,8-14H2,1-4H3/t17-,19+,22-,23+,24+,25+/m0/s1. The first kappa shape index (κ1) is 20.5. The van der Waals surface area contributed by atoms with Gasteiger partial charge >= 0.3 is 5.97 Å². The van der Waals surface area contributed by atoms with Gasteiger partial charge in [0.2, 0.25) is 5.91 Å². The number of piperidine rings is 1. The molecule has 1 amide bonds. The molecule has 3 spiro atoms. The molecule has 0 unspecified atom stereocenters. The van der Waals surface area contributed by atoms with Crippen LogP contribution in [0.5, 0.6) is 5.75 Å². The summed E-state index contributed by atoms with van der Waals surface area (Å²) in [7, 11) is 4.94. The first-order valence-corrected chi connectivity index (χ1v) is 11.8. The molecule has 3 aliphatic heterocycles. The van der Waals surface area contributed by atoms with E-state index >= 15 is 0 Å². The third-order valence-corrected chi connectivity index (χ3v) is 9.80. The molecule has 2 saturated heterocycles. The Morgan fingerprint density at radius 2 is 1.91 bits per heavy atom. The van der Waals surface area contributed by atoms with Gasteiger partial charge in [0.15, 0.2) is 0 Å². The van der Waals surface area contributed by atoms with Crippen LogP contribution < -0.4 is 9.64 Å². The lowest BCUT2D eigenvalue weighted by Gasteiger charge is -2.71. The van der Waals surface area contributed by atoms with E-state index in [-0.39, 0.29) is 34.9 Å². The number of ether oxygens (including phenoxy) is 3. The van der Waals surface area contributed by atoms with Gasteiger partial charge in [0, 0.05) is 37.5 Å². The molecule has 0 radical (unpaired) electrons. The fourth-order valence-electron chi connectivity index (χ4n) is 9.19. The van der Waals surface area contributed by atoms with E-state index in [4.69, 9.17) is 14.2 Å². The minimum Gasteiger partial charge on any atom is -0.495 e. The van der Waals surface area contributed by atoms with Crippen LogP contribution in [0.1, 0.15) is 44.6 Å². The maximum Gasteiger partial charge on any atom is 0.311 e. The smallest absolute Gasteiger partial charge is 0.311 e. The number of anilines is 1. The molecule has 0 aromatic heterocycles. The lowest BCUT2D eigenvalue weighted by molar-refractivity contribution is -0.205. The average molecular weight is 441 g/mol. The highest BCUT2D eigenvalue weighted by Crippen LogP contribution is 2.76. The maximum atomic E-state index is 13.5. The maximum absolute atomic E-state index is 13.5. The van der Waals surface area contributed by atoms with Crippen LogP contribution in [0.2, 0.25) is 0 Å². The molecular weight excluding hydrogens is 408 g/mol. The monoisotopic (exact) mass is 440 g/mol. The largest absolute Gasteiger partial charge is 0.495 e. The Morgan fingerprint density at radius 1 is 1.09 bits per heavy atom. The average Bonchev–Trinajstić information content (AvgIpc) is 3.34. The van der Waals surface area contributed by atoms with Crippen molar-refractivity contribution in [1.29, 1.82) is 0 Å². The molecule has 7 nitrogen and oxygen atoms in total. The summed E-state index contributed by atoms with van der Waals surface area (Å²) < 4.78 is 17.3. The third-order valence-electron chi connectivity index (χ3n) is 9.80. The van der Waals surface area contributed by atoms with E-state index in [1.807, 2.05) is 24.1 Å². The Hall–Kier alpha value is -2.12. The minimum absolute atomic E-state index is 0.0338. The van der Waals surface area contributed by atoms with Crippen LogP contribution >= 0.6 is 0 Å². The van der Waals surface area contributed by atoms with Crippen molar-refractivity contribution in [3.05, 3.63) is 23.8 Å². The van der Waals surface area contributed by atoms with Crippen molar-refractivity contribution < 1.29 is 23.8 Å². The van der Waals surface area contributed by atoms with Crippen molar-refractivity contribution in [2.75, 3.05) is 39.3 Å². The normalized spacial score (nSPS) is 41.1. The molecule has 5 fully saturated rings. The summed E-state index contributed by atoms with van der Waals surface area (Å²) in [5.74, 6) is 0.0657. The summed E-state index contributed by atoms with van der Waals surface area (Å²) in [4.78, 5) is 31.4. The highest BCUT2D eigenvalue weighted by atomic mass is 16.5. The number of carbonyl (C=O) groups excluding carboxylic acids is 2. The zero-order valence-electron chi connectivity index (χ0n) is 19.3. The lowest BCUT2D eigenvalue weighted by atomic mass is 9.38. The van der Waals surface area contributed by atoms with Crippen molar-refractivity contribution in [3.63, 3.8) is 0 Å². The summed E-state index contributed by atoms with van der Waals surface area (Å²) >= 11 is 0. The van der Waals surface area contributed by atoms with E-state index in [1.165, 1.54) is 7.11 Å². The van der Waals surface area contributed by atoms with Gasteiger partial charge in [-0.2, -0.15) is 0 Å². The quantitative estimate of drug-likeness (QED) is 0.673. The van der Waals surface area contributed by atoms with Gasteiger partial charge < -0.3 is 19.1 Å². The summed E-state index contributed by atoms with van der Waals surface area (Å²) in [6.07, 6.45) is 4.42. The number of methoxy groups -OCH3 is 3. The van der Waals surface area contributed by atoms with E-state index in [1.54, 1.807) is 14.0 Å². The number of hydrogen-bond acceptors (Lipinski definition) is 6. The molecule has 1 aromatic carbocycles. The number of carbonyl (C=O) groups is 2. The van der Waals surface area contributed by atoms with Crippen LogP contribution in [0.4, 0.5) is 5.69 Å². The molecule has 172 valence electrons. The van der Waals surface area contributed by atoms with Crippen molar-refractivity contribution in [1.82, 2.24) is 4.90 Å². The molecule has 6 atom stereocenters. The minimum atomic E-state index is -0.639. The van der Waals surface area contributed by atoms with Crippen molar-refractivity contribution in [2.24, 2.45) is 11.3 Å². The van der Waals surface area contributed by atoms with Crippen molar-refractivity contribution in [2.45, 2.75) is 62.1 Å². The summed E-state index contributed by atoms with van der Waals surface area (Å²) in [6, 6.07) is 6.37. The Kier molecular flexibility index (Phi) is 4.14. The Morgan fingerprint density at radius 3 is 2.59 bits per heavy atom. The lowest BCUT2D eigenvalue weighted by Crippen LogP contribution is -2.81. The molecule has 0 N–H and O–H groups in total. The van der Waals surface area contributed by atoms with E-state index in [0.717, 1.165) is 50.0 Å². The van der Waals surface area contributed by atoms with Crippen LogP contribution in [-0.2, 0) is 24.5 Å². The Labute approximate surface area is 189 Å². The molecular formula is C25H32N2O5. The fourth-order valence-corrected chi connectivity index (χ4v) is 9.19. The molecule has 3 heterocycles. The number of amides is 1. The van der Waals surface area contributed by atoms with Crippen LogP contribution in [-0.4, -0.2) is 68.9 Å². The van der Waals surface area contributed by atoms with E-state index < -0.39 is 11.5 Å². The van der Waals surface area contributed by atoms with Crippen LogP contribution in [0.15, 0.2) is 18.2 Å². The number of para-hydroxylation sites is 1. The predicted octanol–water partition coefficient (Wildman–Crippen LogP) is 2.50. The predicted molar refractivity (Wildman–Crippen MR) is 118 cm³/mol. The van der Waals surface area contributed by atoms with E-state index in [0.29, 0.717) is 12.2 Å². The topological polar surface area (TPSA) is 68.3 Å². The van der Waals surface area contributed by atoms with Gasteiger partial charge in [0.05, 0.1) is 37.5 Å². The summed E-state index contributed by atoms with van der Waals surface area (Å²) in [5, 5.41) is 0. The Bertz CT molecular complexity index is 1010. The summed E-state index contributed by atoms with van der Waals surface area (Å²) in [6.45, 7) is 3.59. The number of fused-ring (bicyclic) bond motifs is 3. The first-order valence-electron chi connectivity index (χ1n) is 11.8. The number of esters is 1. The second kappa shape index (κ2) is 6.48. The first-order chi connectivity index (χ1) is 15.4. The Balaban J connectivity index is 1.71.